The Bertz CT molecular complexity index is 509. The van der Waals surface area contributed by atoms with E-state index in [9.17, 15) is 4.39 Å². The molecule has 2 aromatic rings. The highest BCUT2D eigenvalue weighted by atomic mass is 19.1. The maximum absolute atomic E-state index is 12.8. The largest absolute Gasteiger partial charge is 0.306 e. The molecule has 0 saturated carbocycles. The number of halogens is 1. The summed E-state index contributed by atoms with van der Waals surface area (Å²) in [5.74, 6) is -0.236. The Morgan fingerprint density at radius 3 is 2.44 bits per heavy atom. The van der Waals surface area contributed by atoms with Crippen LogP contribution in [0.25, 0.3) is 5.69 Å². The van der Waals surface area contributed by atoms with Gasteiger partial charge in [-0.2, -0.15) is 5.10 Å². The number of nitrogens with one attached hydrogen (secondary N) is 1. The lowest BCUT2D eigenvalue weighted by Crippen LogP contribution is -2.35. The third kappa shape index (κ3) is 3.40. The molecule has 0 spiro atoms. The zero-order chi connectivity index (χ0) is 13.2. The van der Waals surface area contributed by atoms with Crippen LogP contribution in [0, 0.1) is 5.82 Å². The first-order valence-corrected chi connectivity index (χ1v) is 5.99. The number of hydrogen-bond donors (Lipinski definition) is 1. The van der Waals surface area contributed by atoms with Gasteiger partial charge in [-0.25, -0.2) is 9.07 Å². The van der Waals surface area contributed by atoms with E-state index >= 15 is 0 Å². The number of nitrogens with zero attached hydrogens (tertiary/aromatic N) is 2. The standard InChI is InChI=1S/C14H18FN3/c1-14(2,3)16-10-12-8-9-18(17-12)13-6-4-11(15)5-7-13/h4-9,16H,10H2,1-3H3. The summed E-state index contributed by atoms with van der Waals surface area (Å²) in [5, 5.41) is 7.82. The fourth-order valence-corrected chi connectivity index (χ4v) is 1.55. The van der Waals surface area contributed by atoms with E-state index in [4.69, 9.17) is 0 Å². The Kier molecular flexibility index (Phi) is 3.48. The summed E-state index contributed by atoms with van der Waals surface area (Å²) in [6, 6.07) is 8.25. The molecule has 2 rings (SSSR count). The van der Waals surface area contributed by atoms with Crippen LogP contribution in [0.1, 0.15) is 26.5 Å². The molecule has 0 aliphatic carbocycles. The van der Waals surface area contributed by atoms with Gasteiger partial charge < -0.3 is 5.32 Å². The second kappa shape index (κ2) is 4.90. The summed E-state index contributed by atoms with van der Waals surface area (Å²) in [6.45, 7) is 7.07. The zero-order valence-electron chi connectivity index (χ0n) is 10.9. The normalized spacial score (nSPS) is 11.8. The molecule has 96 valence electrons. The Balaban J connectivity index is 2.08. The van der Waals surface area contributed by atoms with Crippen LogP contribution < -0.4 is 5.32 Å². The first-order chi connectivity index (χ1) is 8.44. The van der Waals surface area contributed by atoms with Crippen molar-refractivity contribution in [2.24, 2.45) is 0 Å². The van der Waals surface area contributed by atoms with Crippen molar-refractivity contribution < 1.29 is 4.39 Å². The van der Waals surface area contributed by atoms with Crippen LogP contribution in [-0.2, 0) is 6.54 Å². The molecular formula is C14H18FN3. The van der Waals surface area contributed by atoms with Crippen LogP contribution in [0.15, 0.2) is 36.5 Å². The molecule has 3 nitrogen and oxygen atoms in total. The predicted octanol–water partition coefficient (Wildman–Crippen LogP) is 2.90. The summed E-state index contributed by atoms with van der Waals surface area (Å²) >= 11 is 0. The predicted molar refractivity (Wildman–Crippen MR) is 70.1 cm³/mol. The summed E-state index contributed by atoms with van der Waals surface area (Å²) in [7, 11) is 0. The highest BCUT2D eigenvalue weighted by Crippen LogP contribution is 2.09. The van der Waals surface area contributed by atoms with Gasteiger partial charge in [-0.05, 0) is 51.1 Å². The summed E-state index contributed by atoms with van der Waals surface area (Å²) < 4.78 is 14.6. The molecule has 0 atom stereocenters. The fraction of sp³-hybridized carbons (Fsp3) is 0.357. The minimum atomic E-state index is -0.236. The van der Waals surface area contributed by atoms with E-state index in [1.54, 1.807) is 16.8 Å². The lowest BCUT2D eigenvalue weighted by Gasteiger charge is -2.19. The molecule has 0 aliphatic heterocycles. The monoisotopic (exact) mass is 247 g/mol. The van der Waals surface area contributed by atoms with Crippen molar-refractivity contribution in [2.75, 3.05) is 0 Å². The van der Waals surface area contributed by atoms with Crippen molar-refractivity contribution in [3.8, 4) is 5.69 Å². The van der Waals surface area contributed by atoms with Crippen molar-refractivity contribution in [2.45, 2.75) is 32.9 Å². The molecule has 0 amide bonds. The maximum atomic E-state index is 12.8. The molecule has 0 radical (unpaired) electrons. The molecule has 0 saturated heterocycles. The molecule has 1 N–H and O–H groups in total. The average Bonchev–Trinajstić information content (AvgIpc) is 2.75. The number of rotatable bonds is 3. The van der Waals surface area contributed by atoms with Crippen LogP contribution in [0.3, 0.4) is 0 Å². The first-order valence-electron chi connectivity index (χ1n) is 5.99. The molecular weight excluding hydrogens is 229 g/mol. The Morgan fingerprint density at radius 2 is 1.83 bits per heavy atom. The minimum Gasteiger partial charge on any atom is -0.306 e. The fourth-order valence-electron chi connectivity index (χ4n) is 1.55. The topological polar surface area (TPSA) is 29.9 Å². The summed E-state index contributed by atoms with van der Waals surface area (Å²) in [4.78, 5) is 0. The lowest BCUT2D eigenvalue weighted by atomic mass is 10.1. The number of aromatic nitrogens is 2. The van der Waals surface area contributed by atoms with Gasteiger partial charge in [-0.3, -0.25) is 0 Å². The SMILES string of the molecule is CC(C)(C)NCc1ccn(-c2ccc(F)cc2)n1. The van der Waals surface area contributed by atoms with E-state index in [0.29, 0.717) is 0 Å². The van der Waals surface area contributed by atoms with Gasteiger partial charge in [0.25, 0.3) is 0 Å². The molecule has 1 aromatic heterocycles. The molecule has 4 heteroatoms. The molecule has 0 fully saturated rings. The lowest BCUT2D eigenvalue weighted by molar-refractivity contribution is 0.420. The van der Waals surface area contributed by atoms with E-state index in [-0.39, 0.29) is 11.4 Å². The smallest absolute Gasteiger partial charge is 0.123 e. The van der Waals surface area contributed by atoms with Crippen molar-refractivity contribution in [1.29, 1.82) is 0 Å². The van der Waals surface area contributed by atoms with Crippen molar-refractivity contribution >= 4 is 0 Å². The maximum Gasteiger partial charge on any atom is 0.123 e. The van der Waals surface area contributed by atoms with Gasteiger partial charge in [-0.1, -0.05) is 0 Å². The highest BCUT2D eigenvalue weighted by Gasteiger charge is 2.09. The third-order valence-corrected chi connectivity index (χ3v) is 2.54. The number of benzene rings is 1. The Labute approximate surface area is 107 Å². The second-order valence-corrected chi connectivity index (χ2v) is 5.33. The van der Waals surface area contributed by atoms with E-state index in [0.717, 1.165) is 17.9 Å². The third-order valence-electron chi connectivity index (χ3n) is 2.54. The van der Waals surface area contributed by atoms with Gasteiger partial charge in [0.2, 0.25) is 0 Å². The van der Waals surface area contributed by atoms with Crippen LogP contribution in [0.2, 0.25) is 0 Å². The quantitative estimate of drug-likeness (QED) is 0.903. The van der Waals surface area contributed by atoms with Gasteiger partial charge in [0.15, 0.2) is 0 Å². The summed E-state index contributed by atoms with van der Waals surface area (Å²) in [6.07, 6.45) is 1.88. The minimum absolute atomic E-state index is 0.0691. The number of hydrogen-bond acceptors (Lipinski definition) is 2. The molecule has 1 aromatic carbocycles. The van der Waals surface area contributed by atoms with E-state index < -0.39 is 0 Å². The van der Waals surface area contributed by atoms with Crippen LogP contribution >= 0.6 is 0 Å². The van der Waals surface area contributed by atoms with Crippen LogP contribution in [0.4, 0.5) is 4.39 Å². The van der Waals surface area contributed by atoms with Crippen molar-refractivity contribution in [3.05, 3.63) is 48.0 Å². The molecule has 0 aliphatic rings. The van der Waals surface area contributed by atoms with E-state index in [1.807, 2.05) is 12.3 Å². The van der Waals surface area contributed by atoms with Crippen LogP contribution in [-0.4, -0.2) is 15.3 Å². The molecule has 0 bridgehead atoms. The first kappa shape index (κ1) is 12.8. The average molecular weight is 247 g/mol. The van der Waals surface area contributed by atoms with Gasteiger partial charge in [0.05, 0.1) is 11.4 Å². The summed E-state index contributed by atoms with van der Waals surface area (Å²) in [5.41, 5.74) is 1.90. The Hall–Kier alpha value is -1.68. The highest BCUT2D eigenvalue weighted by molar-refractivity contribution is 5.31. The molecule has 0 unspecified atom stereocenters. The van der Waals surface area contributed by atoms with Gasteiger partial charge in [-0.15, -0.1) is 0 Å². The van der Waals surface area contributed by atoms with E-state index in [1.165, 1.54) is 12.1 Å². The van der Waals surface area contributed by atoms with Gasteiger partial charge in [0.1, 0.15) is 5.82 Å². The zero-order valence-corrected chi connectivity index (χ0v) is 10.9. The van der Waals surface area contributed by atoms with Crippen molar-refractivity contribution in [1.82, 2.24) is 15.1 Å². The molecule has 1 heterocycles. The van der Waals surface area contributed by atoms with Gasteiger partial charge in [0, 0.05) is 18.3 Å². The van der Waals surface area contributed by atoms with E-state index in [2.05, 4.69) is 31.2 Å². The Morgan fingerprint density at radius 1 is 1.17 bits per heavy atom. The van der Waals surface area contributed by atoms with Gasteiger partial charge >= 0.3 is 0 Å². The molecule has 18 heavy (non-hydrogen) atoms. The van der Waals surface area contributed by atoms with Crippen LogP contribution in [0.5, 0.6) is 0 Å². The second-order valence-electron chi connectivity index (χ2n) is 5.33. The van der Waals surface area contributed by atoms with Crippen molar-refractivity contribution in [3.63, 3.8) is 0 Å².